The van der Waals surface area contributed by atoms with E-state index >= 15 is 0 Å². The number of aromatic nitrogens is 1. The van der Waals surface area contributed by atoms with Gasteiger partial charge in [0.1, 0.15) is 6.10 Å². The number of hydrogen-bond acceptors (Lipinski definition) is 3. The third-order valence-electron chi connectivity index (χ3n) is 2.59. The molecule has 0 unspecified atom stereocenters. The number of halogens is 1. The van der Waals surface area contributed by atoms with Gasteiger partial charge in [-0.05, 0) is 35.8 Å². The molecule has 0 amide bonds. The highest BCUT2D eigenvalue weighted by Crippen LogP contribution is 2.20. The molecule has 0 radical (unpaired) electrons. The number of rotatable bonds is 2. The minimum absolute atomic E-state index is 0.257. The van der Waals surface area contributed by atoms with Gasteiger partial charge in [-0.25, -0.2) is 4.98 Å². The summed E-state index contributed by atoms with van der Waals surface area (Å²) in [6, 6.07) is 4.43. The first-order valence-electron chi connectivity index (χ1n) is 5.18. The highest BCUT2D eigenvalue weighted by atomic mass is 79.9. The van der Waals surface area contributed by atoms with E-state index in [1.54, 1.807) is 0 Å². The fraction of sp³-hybridized carbons (Fsp3) is 0.545. The number of nitrogens with zero attached hydrogens (tertiary/aromatic N) is 1. The summed E-state index contributed by atoms with van der Waals surface area (Å²) >= 11 is 3.42. The van der Waals surface area contributed by atoms with E-state index in [0.29, 0.717) is 6.04 Å². The average molecular weight is 271 g/mol. The largest absolute Gasteiger partial charge is 0.473 e. The van der Waals surface area contributed by atoms with E-state index in [1.807, 2.05) is 19.1 Å². The molecule has 1 saturated heterocycles. The summed E-state index contributed by atoms with van der Waals surface area (Å²) in [6.07, 6.45) is 1.31. The second kappa shape index (κ2) is 4.49. The number of ether oxygens (including phenoxy) is 1. The van der Waals surface area contributed by atoms with Crippen LogP contribution in [0.25, 0.3) is 0 Å². The number of hydrogen-bond donors (Lipinski definition) is 1. The van der Waals surface area contributed by atoms with E-state index in [2.05, 4.69) is 33.2 Å². The predicted octanol–water partition coefficient (Wildman–Crippen LogP) is 2.28. The molecule has 82 valence electrons. The van der Waals surface area contributed by atoms with Crippen molar-refractivity contribution in [2.75, 3.05) is 6.54 Å². The lowest BCUT2D eigenvalue weighted by Gasteiger charge is -2.12. The van der Waals surface area contributed by atoms with Crippen molar-refractivity contribution in [3.63, 3.8) is 0 Å². The summed E-state index contributed by atoms with van der Waals surface area (Å²) in [5, 5.41) is 3.35. The summed E-state index contributed by atoms with van der Waals surface area (Å²) < 4.78 is 6.81. The Kier molecular flexibility index (Phi) is 3.26. The van der Waals surface area contributed by atoms with E-state index in [4.69, 9.17) is 4.74 Å². The van der Waals surface area contributed by atoms with Gasteiger partial charge in [0.15, 0.2) is 0 Å². The molecule has 15 heavy (non-hydrogen) atoms. The second-order valence-corrected chi connectivity index (χ2v) is 4.86. The van der Waals surface area contributed by atoms with E-state index in [-0.39, 0.29) is 6.10 Å². The zero-order chi connectivity index (χ0) is 10.8. The summed E-state index contributed by atoms with van der Waals surface area (Å²) in [4.78, 5) is 4.36. The number of nitrogens with one attached hydrogen (secondary N) is 1. The SMILES string of the molecule is Cc1nc(O[C@H]2CN[C@@H](C)C2)ccc1Br. The van der Waals surface area contributed by atoms with Crippen molar-refractivity contribution in [3.8, 4) is 5.88 Å². The van der Waals surface area contributed by atoms with Crippen LogP contribution in [0.1, 0.15) is 19.0 Å². The first kappa shape index (κ1) is 10.9. The summed E-state index contributed by atoms with van der Waals surface area (Å²) in [7, 11) is 0. The van der Waals surface area contributed by atoms with Crippen LogP contribution in [-0.2, 0) is 0 Å². The maximum absolute atomic E-state index is 5.79. The zero-order valence-corrected chi connectivity index (χ0v) is 10.5. The zero-order valence-electron chi connectivity index (χ0n) is 8.96. The molecule has 1 aliphatic heterocycles. The third kappa shape index (κ3) is 2.69. The van der Waals surface area contributed by atoms with Crippen LogP contribution in [-0.4, -0.2) is 23.7 Å². The summed E-state index contributed by atoms with van der Waals surface area (Å²) in [6.45, 7) is 5.05. The lowest BCUT2D eigenvalue weighted by Crippen LogP contribution is -2.21. The fourth-order valence-corrected chi connectivity index (χ4v) is 1.96. The topological polar surface area (TPSA) is 34.1 Å². The molecule has 0 aromatic carbocycles. The molecule has 2 rings (SSSR count). The monoisotopic (exact) mass is 270 g/mol. The van der Waals surface area contributed by atoms with Gasteiger partial charge in [-0.2, -0.15) is 0 Å². The van der Waals surface area contributed by atoms with Crippen LogP contribution in [0.5, 0.6) is 5.88 Å². The van der Waals surface area contributed by atoms with Gasteiger partial charge in [0.2, 0.25) is 5.88 Å². The Morgan fingerprint density at radius 3 is 2.93 bits per heavy atom. The van der Waals surface area contributed by atoms with Crippen molar-refractivity contribution in [1.29, 1.82) is 0 Å². The van der Waals surface area contributed by atoms with Crippen molar-refractivity contribution >= 4 is 15.9 Å². The van der Waals surface area contributed by atoms with Crippen LogP contribution in [0, 0.1) is 6.92 Å². The van der Waals surface area contributed by atoms with Crippen molar-refractivity contribution in [3.05, 3.63) is 22.3 Å². The van der Waals surface area contributed by atoms with Gasteiger partial charge in [0.25, 0.3) is 0 Å². The molecule has 0 aliphatic carbocycles. The predicted molar refractivity (Wildman–Crippen MR) is 63.2 cm³/mol. The highest BCUT2D eigenvalue weighted by molar-refractivity contribution is 9.10. The van der Waals surface area contributed by atoms with E-state index in [1.165, 1.54) is 0 Å². The van der Waals surface area contributed by atoms with E-state index in [9.17, 15) is 0 Å². The Labute approximate surface area is 98.4 Å². The minimum atomic E-state index is 0.257. The Hall–Kier alpha value is -0.610. The Bertz CT molecular complexity index is 356. The van der Waals surface area contributed by atoms with Crippen LogP contribution in [0.4, 0.5) is 0 Å². The van der Waals surface area contributed by atoms with Gasteiger partial charge in [-0.3, -0.25) is 0 Å². The first-order valence-corrected chi connectivity index (χ1v) is 5.97. The van der Waals surface area contributed by atoms with Crippen molar-refractivity contribution in [2.45, 2.75) is 32.4 Å². The van der Waals surface area contributed by atoms with Crippen LogP contribution in [0.2, 0.25) is 0 Å². The molecule has 1 fully saturated rings. The Balaban J connectivity index is 2.02. The van der Waals surface area contributed by atoms with E-state index < -0.39 is 0 Å². The molecule has 0 bridgehead atoms. The molecule has 2 atom stereocenters. The molecule has 0 saturated carbocycles. The molecule has 0 spiro atoms. The van der Waals surface area contributed by atoms with Crippen LogP contribution in [0.3, 0.4) is 0 Å². The molecule has 1 aromatic heterocycles. The fourth-order valence-electron chi connectivity index (χ4n) is 1.74. The minimum Gasteiger partial charge on any atom is -0.473 e. The molecule has 3 nitrogen and oxygen atoms in total. The lowest BCUT2D eigenvalue weighted by molar-refractivity contribution is 0.211. The van der Waals surface area contributed by atoms with Crippen molar-refractivity contribution in [2.24, 2.45) is 0 Å². The van der Waals surface area contributed by atoms with Gasteiger partial charge < -0.3 is 10.1 Å². The molecular weight excluding hydrogens is 256 g/mol. The molecule has 4 heteroatoms. The lowest BCUT2D eigenvalue weighted by atomic mass is 10.2. The van der Waals surface area contributed by atoms with Crippen LogP contribution < -0.4 is 10.1 Å². The maximum atomic E-state index is 5.79. The second-order valence-electron chi connectivity index (χ2n) is 4.00. The first-order chi connectivity index (χ1) is 7.15. The average Bonchev–Trinajstić information content (AvgIpc) is 2.58. The smallest absolute Gasteiger partial charge is 0.213 e. The molecule has 1 N–H and O–H groups in total. The molecule has 1 aromatic rings. The van der Waals surface area contributed by atoms with Crippen molar-refractivity contribution < 1.29 is 4.74 Å². The molecule has 1 aliphatic rings. The van der Waals surface area contributed by atoms with Crippen LogP contribution in [0.15, 0.2) is 16.6 Å². The quantitative estimate of drug-likeness (QED) is 0.896. The normalized spacial score (nSPS) is 25.5. The van der Waals surface area contributed by atoms with E-state index in [0.717, 1.165) is 29.0 Å². The summed E-state index contributed by atoms with van der Waals surface area (Å²) in [5.41, 5.74) is 0.964. The number of pyridine rings is 1. The third-order valence-corrected chi connectivity index (χ3v) is 3.43. The Morgan fingerprint density at radius 1 is 1.53 bits per heavy atom. The highest BCUT2D eigenvalue weighted by Gasteiger charge is 2.22. The molecular formula is C11H15BrN2O. The van der Waals surface area contributed by atoms with Gasteiger partial charge in [0, 0.05) is 29.5 Å². The van der Waals surface area contributed by atoms with Gasteiger partial charge in [0.05, 0.1) is 5.69 Å². The number of aryl methyl sites for hydroxylation is 1. The van der Waals surface area contributed by atoms with Gasteiger partial charge in [-0.1, -0.05) is 0 Å². The van der Waals surface area contributed by atoms with Crippen molar-refractivity contribution in [1.82, 2.24) is 10.3 Å². The molecule has 2 heterocycles. The maximum Gasteiger partial charge on any atom is 0.213 e. The standard InChI is InChI=1S/C11H15BrN2O/c1-7-5-9(6-13-7)15-11-4-3-10(12)8(2)14-11/h3-4,7,9,13H,5-6H2,1-2H3/t7-,9+/m0/s1. The van der Waals surface area contributed by atoms with Gasteiger partial charge in [-0.15, -0.1) is 0 Å². The Morgan fingerprint density at radius 2 is 2.33 bits per heavy atom. The van der Waals surface area contributed by atoms with Gasteiger partial charge >= 0.3 is 0 Å². The van der Waals surface area contributed by atoms with Crippen LogP contribution >= 0.6 is 15.9 Å². The summed E-state index contributed by atoms with van der Waals surface area (Å²) in [5.74, 6) is 0.719.